The van der Waals surface area contributed by atoms with Crippen molar-refractivity contribution in [3.05, 3.63) is 11.8 Å². The van der Waals surface area contributed by atoms with Crippen LogP contribution in [0.4, 0.5) is 15.4 Å². The normalized spacial score (nSPS) is 15.1. The maximum absolute atomic E-state index is 12.0. The summed E-state index contributed by atoms with van der Waals surface area (Å²) >= 11 is 0. The molecule has 1 aromatic rings. The zero-order chi connectivity index (χ0) is 14.5. The highest BCUT2D eigenvalue weighted by atomic mass is 16.6. The number of nitrogens with one attached hydrogen (secondary N) is 1. The fourth-order valence-electron chi connectivity index (χ4n) is 1.92. The fourth-order valence-corrected chi connectivity index (χ4v) is 1.92. The van der Waals surface area contributed by atoms with Gasteiger partial charge >= 0.3 is 12.1 Å². The summed E-state index contributed by atoms with van der Waals surface area (Å²) in [4.78, 5) is 26.7. The number of hydrogen-bond acceptors (Lipinski definition) is 5. The van der Waals surface area contributed by atoms with E-state index in [0.29, 0.717) is 44.4 Å². The molecule has 0 aliphatic carbocycles. The van der Waals surface area contributed by atoms with Gasteiger partial charge in [0.25, 0.3) is 0 Å². The van der Waals surface area contributed by atoms with Crippen LogP contribution in [0, 0.1) is 6.92 Å². The van der Waals surface area contributed by atoms with E-state index in [1.807, 2.05) is 0 Å². The minimum atomic E-state index is -0.334. The average molecular weight is 282 g/mol. The maximum Gasteiger partial charge on any atom is 0.409 e. The molecule has 0 unspecified atom stereocenters. The quantitative estimate of drug-likeness (QED) is 0.883. The van der Waals surface area contributed by atoms with Crippen LogP contribution >= 0.6 is 0 Å². The Morgan fingerprint density at radius 1 is 1.35 bits per heavy atom. The summed E-state index contributed by atoms with van der Waals surface area (Å²) in [6, 6.07) is 1.40. The van der Waals surface area contributed by atoms with Crippen LogP contribution in [0.1, 0.15) is 12.7 Å². The molecule has 1 N–H and O–H groups in total. The Labute approximate surface area is 116 Å². The van der Waals surface area contributed by atoms with Crippen molar-refractivity contribution in [3.8, 4) is 0 Å². The number of urea groups is 1. The molecule has 0 saturated carbocycles. The first-order valence-corrected chi connectivity index (χ1v) is 6.51. The van der Waals surface area contributed by atoms with E-state index < -0.39 is 0 Å². The van der Waals surface area contributed by atoms with Crippen molar-refractivity contribution < 1.29 is 18.8 Å². The number of nitrogens with zero attached hydrogens (tertiary/aromatic N) is 3. The lowest BCUT2D eigenvalue weighted by molar-refractivity contribution is 0.0868. The summed E-state index contributed by atoms with van der Waals surface area (Å²) < 4.78 is 9.80. The highest BCUT2D eigenvalue weighted by Gasteiger charge is 2.25. The minimum absolute atomic E-state index is 0.248. The van der Waals surface area contributed by atoms with Gasteiger partial charge in [0.2, 0.25) is 0 Å². The summed E-state index contributed by atoms with van der Waals surface area (Å²) in [5, 5.41) is 6.35. The molecule has 20 heavy (non-hydrogen) atoms. The van der Waals surface area contributed by atoms with Crippen LogP contribution < -0.4 is 5.32 Å². The van der Waals surface area contributed by atoms with Gasteiger partial charge in [-0.3, -0.25) is 5.32 Å². The summed E-state index contributed by atoms with van der Waals surface area (Å²) in [7, 11) is 0. The molecule has 1 aliphatic heterocycles. The van der Waals surface area contributed by atoms with Crippen LogP contribution in [-0.4, -0.2) is 59.9 Å². The smallest absolute Gasteiger partial charge is 0.409 e. The fraction of sp³-hybridized carbons (Fsp3) is 0.583. The number of piperazine rings is 1. The molecular formula is C12H18N4O4. The molecule has 0 spiro atoms. The van der Waals surface area contributed by atoms with Gasteiger partial charge in [-0.15, -0.1) is 0 Å². The van der Waals surface area contributed by atoms with Crippen LogP contribution in [0.3, 0.4) is 0 Å². The highest BCUT2D eigenvalue weighted by molar-refractivity contribution is 5.88. The molecule has 8 nitrogen and oxygen atoms in total. The van der Waals surface area contributed by atoms with Crippen LogP contribution in [0.15, 0.2) is 10.6 Å². The Balaban J connectivity index is 1.81. The van der Waals surface area contributed by atoms with Crippen LogP contribution in [-0.2, 0) is 4.74 Å². The number of anilines is 1. The third-order valence-corrected chi connectivity index (χ3v) is 2.96. The predicted octanol–water partition coefficient (Wildman–Crippen LogP) is 1.29. The predicted molar refractivity (Wildman–Crippen MR) is 70.4 cm³/mol. The second kappa shape index (κ2) is 6.27. The average Bonchev–Trinajstić information content (AvgIpc) is 2.84. The van der Waals surface area contributed by atoms with E-state index in [-0.39, 0.29) is 12.1 Å². The Morgan fingerprint density at radius 2 is 2.00 bits per heavy atom. The lowest BCUT2D eigenvalue weighted by atomic mass is 10.3. The van der Waals surface area contributed by atoms with Crippen molar-refractivity contribution in [2.75, 3.05) is 38.1 Å². The molecule has 1 saturated heterocycles. The molecule has 0 atom stereocenters. The Morgan fingerprint density at radius 3 is 2.55 bits per heavy atom. The lowest BCUT2D eigenvalue weighted by Crippen LogP contribution is -2.51. The number of rotatable bonds is 2. The molecule has 110 valence electrons. The SMILES string of the molecule is CCOC(=O)N1CCN(C(=O)Nc2cc(C)on2)CC1. The monoisotopic (exact) mass is 282 g/mol. The molecule has 0 radical (unpaired) electrons. The standard InChI is InChI=1S/C12H18N4O4/c1-3-19-12(18)16-6-4-15(5-7-16)11(17)13-10-8-9(2)20-14-10/h8H,3-7H2,1-2H3,(H,13,14,17). The highest BCUT2D eigenvalue weighted by Crippen LogP contribution is 2.10. The van der Waals surface area contributed by atoms with Gasteiger partial charge in [-0.2, -0.15) is 0 Å². The molecule has 1 aliphatic rings. The summed E-state index contributed by atoms with van der Waals surface area (Å²) in [6.45, 7) is 5.71. The lowest BCUT2D eigenvalue weighted by Gasteiger charge is -2.33. The van der Waals surface area contributed by atoms with Gasteiger partial charge in [-0.05, 0) is 13.8 Å². The number of aromatic nitrogens is 1. The van der Waals surface area contributed by atoms with Gasteiger partial charge in [0.05, 0.1) is 6.61 Å². The number of ether oxygens (including phenoxy) is 1. The Kier molecular flexibility index (Phi) is 4.44. The number of carbonyl (C=O) groups excluding carboxylic acids is 2. The second-order valence-corrected chi connectivity index (χ2v) is 4.43. The van der Waals surface area contributed by atoms with E-state index >= 15 is 0 Å². The number of aryl methyl sites for hydroxylation is 1. The first kappa shape index (κ1) is 14.2. The van der Waals surface area contributed by atoms with Gasteiger partial charge in [-0.25, -0.2) is 9.59 Å². The van der Waals surface area contributed by atoms with E-state index in [9.17, 15) is 9.59 Å². The minimum Gasteiger partial charge on any atom is -0.450 e. The second-order valence-electron chi connectivity index (χ2n) is 4.43. The van der Waals surface area contributed by atoms with Crippen molar-refractivity contribution >= 4 is 17.9 Å². The topological polar surface area (TPSA) is 87.9 Å². The van der Waals surface area contributed by atoms with Gasteiger partial charge in [0.15, 0.2) is 5.82 Å². The van der Waals surface area contributed by atoms with Crippen LogP contribution in [0.5, 0.6) is 0 Å². The third-order valence-electron chi connectivity index (χ3n) is 2.96. The number of amides is 3. The zero-order valence-electron chi connectivity index (χ0n) is 11.6. The van der Waals surface area contributed by atoms with E-state index in [4.69, 9.17) is 9.26 Å². The van der Waals surface area contributed by atoms with Crippen molar-refractivity contribution in [1.29, 1.82) is 0 Å². The maximum atomic E-state index is 12.0. The molecule has 1 aromatic heterocycles. The summed E-state index contributed by atoms with van der Waals surface area (Å²) in [5.41, 5.74) is 0. The molecule has 2 rings (SSSR count). The van der Waals surface area contributed by atoms with Crippen LogP contribution in [0.2, 0.25) is 0 Å². The van der Waals surface area contributed by atoms with Crippen LogP contribution in [0.25, 0.3) is 0 Å². The van der Waals surface area contributed by atoms with E-state index in [2.05, 4.69) is 10.5 Å². The molecule has 8 heteroatoms. The van der Waals surface area contributed by atoms with Gasteiger partial charge in [0, 0.05) is 32.2 Å². The molecule has 3 amide bonds. The first-order chi connectivity index (χ1) is 9.60. The Bertz CT molecular complexity index is 480. The van der Waals surface area contributed by atoms with E-state index in [0.717, 1.165) is 0 Å². The number of hydrogen-bond donors (Lipinski definition) is 1. The third kappa shape index (κ3) is 3.40. The molecule has 0 aromatic carbocycles. The summed E-state index contributed by atoms with van der Waals surface area (Å²) in [5.74, 6) is 1.02. The van der Waals surface area contributed by atoms with E-state index in [1.165, 1.54) is 0 Å². The van der Waals surface area contributed by atoms with Gasteiger partial charge in [-0.1, -0.05) is 5.16 Å². The largest absolute Gasteiger partial charge is 0.450 e. The Hall–Kier alpha value is -2.25. The molecule has 2 heterocycles. The molecular weight excluding hydrogens is 264 g/mol. The summed E-state index contributed by atoms with van der Waals surface area (Å²) in [6.07, 6.45) is -0.334. The van der Waals surface area contributed by atoms with Crippen molar-refractivity contribution in [3.63, 3.8) is 0 Å². The molecule has 0 bridgehead atoms. The van der Waals surface area contributed by atoms with E-state index in [1.54, 1.807) is 29.7 Å². The van der Waals surface area contributed by atoms with Gasteiger partial charge in [0.1, 0.15) is 5.76 Å². The first-order valence-electron chi connectivity index (χ1n) is 6.51. The number of carbonyl (C=O) groups is 2. The van der Waals surface area contributed by atoms with Crippen molar-refractivity contribution in [2.24, 2.45) is 0 Å². The zero-order valence-corrected chi connectivity index (χ0v) is 11.6. The van der Waals surface area contributed by atoms with Crippen molar-refractivity contribution in [2.45, 2.75) is 13.8 Å². The van der Waals surface area contributed by atoms with Crippen molar-refractivity contribution in [1.82, 2.24) is 15.0 Å². The van der Waals surface area contributed by atoms with Gasteiger partial charge < -0.3 is 19.1 Å². The molecule has 1 fully saturated rings.